The SMILES string of the molecule is CCNC(=NCc1cccc(C(=O)NC(C)CC)c1)NCc1nc(C)c(C)s1. The molecule has 0 spiro atoms. The standard InChI is InChI=1S/C21H31N5OS/c1-6-14(3)25-20(27)18-10-8-9-17(11-18)12-23-21(22-7-2)24-13-19-26-15(4)16(5)28-19/h8-11,14H,6-7,12-13H2,1-5H3,(H,25,27)(H2,22,23,24). The summed E-state index contributed by atoms with van der Waals surface area (Å²) in [6.45, 7) is 12.1. The first kappa shape index (κ1) is 21.9. The summed E-state index contributed by atoms with van der Waals surface area (Å²) in [5.74, 6) is 0.696. The second kappa shape index (κ2) is 10.8. The lowest BCUT2D eigenvalue weighted by atomic mass is 10.1. The van der Waals surface area contributed by atoms with Gasteiger partial charge in [-0.1, -0.05) is 19.1 Å². The molecule has 28 heavy (non-hydrogen) atoms. The second-order valence-electron chi connectivity index (χ2n) is 6.78. The molecule has 0 saturated carbocycles. The van der Waals surface area contributed by atoms with E-state index in [1.807, 2.05) is 45.0 Å². The van der Waals surface area contributed by atoms with Gasteiger partial charge in [-0.3, -0.25) is 4.79 Å². The third-order valence-corrected chi connectivity index (χ3v) is 5.50. The molecule has 0 aliphatic carbocycles. The number of thiazole rings is 1. The summed E-state index contributed by atoms with van der Waals surface area (Å²) in [4.78, 5) is 22.8. The highest BCUT2D eigenvalue weighted by molar-refractivity contribution is 7.11. The summed E-state index contributed by atoms with van der Waals surface area (Å²) in [5.41, 5.74) is 2.74. The summed E-state index contributed by atoms with van der Waals surface area (Å²) >= 11 is 1.70. The molecule has 1 atom stereocenters. The molecule has 0 aliphatic rings. The van der Waals surface area contributed by atoms with E-state index in [0.717, 1.165) is 35.2 Å². The first-order chi connectivity index (χ1) is 13.4. The number of hydrogen-bond acceptors (Lipinski definition) is 4. The Balaban J connectivity index is 2.01. The Hall–Kier alpha value is -2.41. The van der Waals surface area contributed by atoms with Crippen LogP contribution < -0.4 is 16.0 Å². The molecule has 6 nitrogen and oxygen atoms in total. The van der Waals surface area contributed by atoms with Crippen LogP contribution in [0, 0.1) is 13.8 Å². The Morgan fingerprint density at radius 3 is 2.68 bits per heavy atom. The molecule has 0 fully saturated rings. The number of amides is 1. The third kappa shape index (κ3) is 6.64. The van der Waals surface area contributed by atoms with Gasteiger partial charge in [-0.15, -0.1) is 11.3 Å². The largest absolute Gasteiger partial charge is 0.357 e. The molecule has 0 aliphatic heterocycles. The topological polar surface area (TPSA) is 78.4 Å². The average Bonchev–Trinajstić information content (AvgIpc) is 3.01. The fourth-order valence-corrected chi connectivity index (χ4v) is 3.38. The van der Waals surface area contributed by atoms with Gasteiger partial charge >= 0.3 is 0 Å². The van der Waals surface area contributed by atoms with Crippen LogP contribution in [0.1, 0.15) is 58.7 Å². The quantitative estimate of drug-likeness (QED) is 0.467. The van der Waals surface area contributed by atoms with Crippen molar-refractivity contribution in [2.75, 3.05) is 6.54 Å². The molecule has 0 saturated heterocycles. The van der Waals surface area contributed by atoms with Crippen LogP contribution in [0.2, 0.25) is 0 Å². The normalized spacial score (nSPS) is 12.5. The van der Waals surface area contributed by atoms with Crippen molar-refractivity contribution in [2.45, 2.75) is 60.2 Å². The zero-order valence-corrected chi connectivity index (χ0v) is 18.2. The van der Waals surface area contributed by atoms with E-state index in [4.69, 9.17) is 0 Å². The maximum Gasteiger partial charge on any atom is 0.251 e. The lowest BCUT2D eigenvalue weighted by Crippen LogP contribution is -2.36. The molecule has 2 rings (SSSR count). The van der Waals surface area contributed by atoms with Crippen molar-refractivity contribution in [1.29, 1.82) is 0 Å². The Kier molecular flexibility index (Phi) is 8.44. The van der Waals surface area contributed by atoms with Gasteiger partial charge in [0.25, 0.3) is 5.91 Å². The van der Waals surface area contributed by atoms with Gasteiger partial charge in [-0.25, -0.2) is 9.98 Å². The number of aliphatic imine (C=N–C) groups is 1. The van der Waals surface area contributed by atoms with Crippen molar-refractivity contribution in [3.05, 3.63) is 51.0 Å². The van der Waals surface area contributed by atoms with Crippen LogP contribution in [-0.2, 0) is 13.1 Å². The zero-order chi connectivity index (χ0) is 20.5. The number of hydrogen-bond donors (Lipinski definition) is 3. The molecule has 1 aromatic carbocycles. The maximum atomic E-state index is 12.3. The Morgan fingerprint density at radius 2 is 2.04 bits per heavy atom. The lowest BCUT2D eigenvalue weighted by Gasteiger charge is -2.12. The van der Waals surface area contributed by atoms with Gasteiger partial charge in [-0.05, 0) is 51.8 Å². The highest BCUT2D eigenvalue weighted by atomic mass is 32.1. The fraction of sp³-hybridized carbons (Fsp3) is 0.476. The molecule has 7 heteroatoms. The number of nitrogens with one attached hydrogen (secondary N) is 3. The van der Waals surface area contributed by atoms with Gasteiger partial charge in [0.15, 0.2) is 5.96 Å². The van der Waals surface area contributed by atoms with Crippen molar-refractivity contribution >= 4 is 23.2 Å². The minimum Gasteiger partial charge on any atom is -0.357 e. The summed E-state index contributed by atoms with van der Waals surface area (Å²) < 4.78 is 0. The average molecular weight is 402 g/mol. The number of nitrogens with zero attached hydrogens (tertiary/aromatic N) is 2. The van der Waals surface area contributed by atoms with Crippen LogP contribution in [0.3, 0.4) is 0 Å². The van der Waals surface area contributed by atoms with E-state index in [2.05, 4.69) is 39.8 Å². The monoisotopic (exact) mass is 401 g/mol. The van der Waals surface area contributed by atoms with Crippen LogP contribution in [0.25, 0.3) is 0 Å². The minimum atomic E-state index is -0.0419. The van der Waals surface area contributed by atoms with Gasteiger partial charge in [0.05, 0.1) is 18.8 Å². The molecule has 2 aromatic rings. The number of carbonyl (C=O) groups is 1. The van der Waals surface area contributed by atoms with Crippen molar-refractivity contribution in [2.24, 2.45) is 4.99 Å². The molecule has 0 radical (unpaired) electrons. The van der Waals surface area contributed by atoms with Crippen molar-refractivity contribution < 1.29 is 4.79 Å². The molecular formula is C21H31N5OS. The zero-order valence-electron chi connectivity index (χ0n) is 17.4. The Labute approximate surface area is 171 Å². The van der Waals surface area contributed by atoms with Crippen LogP contribution in [0.15, 0.2) is 29.3 Å². The van der Waals surface area contributed by atoms with E-state index < -0.39 is 0 Å². The second-order valence-corrected chi connectivity index (χ2v) is 8.07. The van der Waals surface area contributed by atoms with Gasteiger partial charge in [-0.2, -0.15) is 0 Å². The van der Waals surface area contributed by atoms with Gasteiger partial charge < -0.3 is 16.0 Å². The summed E-state index contributed by atoms with van der Waals surface area (Å²) in [5, 5.41) is 10.6. The number of benzene rings is 1. The fourth-order valence-electron chi connectivity index (χ4n) is 2.51. The predicted octanol–water partition coefficient (Wildman–Crippen LogP) is 3.54. The Bertz CT molecular complexity index is 795. The number of aromatic nitrogens is 1. The number of aryl methyl sites for hydroxylation is 2. The molecule has 1 heterocycles. The van der Waals surface area contributed by atoms with E-state index in [0.29, 0.717) is 18.7 Å². The predicted molar refractivity (Wildman–Crippen MR) is 117 cm³/mol. The van der Waals surface area contributed by atoms with Crippen LogP contribution in [0.4, 0.5) is 0 Å². The molecule has 1 amide bonds. The van der Waals surface area contributed by atoms with E-state index in [1.165, 1.54) is 4.88 Å². The van der Waals surface area contributed by atoms with Crippen molar-refractivity contribution in [3.63, 3.8) is 0 Å². The maximum absolute atomic E-state index is 12.3. The van der Waals surface area contributed by atoms with E-state index in [1.54, 1.807) is 11.3 Å². The van der Waals surface area contributed by atoms with Crippen LogP contribution in [-0.4, -0.2) is 29.4 Å². The first-order valence-corrected chi connectivity index (χ1v) is 10.6. The van der Waals surface area contributed by atoms with Gasteiger partial charge in [0, 0.05) is 23.0 Å². The van der Waals surface area contributed by atoms with Gasteiger partial charge in [0.2, 0.25) is 0 Å². The van der Waals surface area contributed by atoms with Crippen molar-refractivity contribution in [3.8, 4) is 0 Å². The molecule has 1 aromatic heterocycles. The van der Waals surface area contributed by atoms with Crippen molar-refractivity contribution in [1.82, 2.24) is 20.9 Å². The molecular weight excluding hydrogens is 370 g/mol. The Morgan fingerprint density at radius 1 is 1.25 bits per heavy atom. The molecule has 0 bridgehead atoms. The number of rotatable bonds is 8. The van der Waals surface area contributed by atoms with Crippen LogP contribution in [0.5, 0.6) is 0 Å². The third-order valence-electron chi connectivity index (χ3n) is 4.42. The van der Waals surface area contributed by atoms with E-state index in [-0.39, 0.29) is 11.9 Å². The molecule has 3 N–H and O–H groups in total. The number of carbonyl (C=O) groups excluding carboxylic acids is 1. The minimum absolute atomic E-state index is 0.0419. The summed E-state index contributed by atoms with van der Waals surface area (Å²) in [6.07, 6.45) is 0.908. The van der Waals surface area contributed by atoms with E-state index in [9.17, 15) is 4.79 Å². The van der Waals surface area contributed by atoms with Gasteiger partial charge in [0.1, 0.15) is 5.01 Å². The van der Waals surface area contributed by atoms with E-state index >= 15 is 0 Å². The molecule has 152 valence electrons. The number of guanidine groups is 1. The smallest absolute Gasteiger partial charge is 0.251 e. The highest BCUT2D eigenvalue weighted by Crippen LogP contribution is 2.16. The van der Waals surface area contributed by atoms with Crippen LogP contribution >= 0.6 is 11.3 Å². The summed E-state index contributed by atoms with van der Waals surface area (Å²) in [6, 6.07) is 7.79. The molecule has 1 unspecified atom stereocenters. The summed E-state index contributed by atoms with van der Waals surface area (Å²) in [7, 11) is 0. The first-order valence-electron chi connectivity index (χ1n) is 9.77. The lowest BCUT2D eigenvalue weighted by molar-refractivity contribution is 0.0939. The highest BCUT2D eigenvalue weighted by Gasteiger charge is 2.09.